The lowest BCUT2D eigenvalue weighted by Gasteiger charge is -2.13. The molecule has 6 nitrogen and oxygen atoms in total. The standard InChI is InChI=1S/C22H28N2O4/c1-15(2)14-23-22(26)18-7-5-6-8-19(18)24-21(25)12-9-16-13-17(27-3)10-11-20(16)28-4/h5-8,10-11,13,15H,9,12,14H2,1-4H3,(H,23,26)(H,24,25). The first-order valence-electron chi connectivity index (χ1n) is 9.32. The Balaban J connectivity index is 2.03. The van der Waals surface area contributed by atoms with Crippen LogP contribution in [0, 0.1) is 5.92 Å². The summed E-state index contributed by atoms with van der Waals surface area (Å²) < 4.78 is 10.6. The molecule has 0 aliphatic rings. The first-order chi connectivity index (χ1) is 13.4. The normalized spacial score (nSPS) is 10.5. The minimum Gasteiger partial charge on any atom is -0.497 e. The van der Waals surface area contributed by atoms with Crippen molar-refractivity contribution in [2.75, 3.05) is 26.1 Å². The molecule has 28 heavy (non-hydrogen) atoms. The molecule has 0 bridgehead atoms. The summed E-state index contributed by atoms with van der Waals surface area (Å²) in [4.78, 5) is 24.9. The number of nitrogens with one attached hydrogen (secondary N) is 2. The van der Waals surface area contributed by atoms with Crippen LogP contribution in [0.1, 0.15) is 36.2 Å². The number of carbonyl (C=O) groups excluding carboxylic acids is 2. The molecule has 0 unspecified atom stereocenters. The van der Waals surface area contributed by atoms with E-state index in [1.807, 2.05) is 32.0 Å². The van der Waals surface area contributed by atoms with Crippen LogP contribution in [0.25, 0.3) is 0 Å². The zero-order valence-corrected chi connectivity index (χ0v) is 16.9. The van der Waals surface area contributed by atoms with E-state index in [1.54, 1.807) is 38.5 Å². The van der Waals surface area contributed by atoms with E-state index in [4.69, 9.17) is 9.47 Å². The number of ether oxygens (including phenoxy) is 2. The summed E-state index contributed by atoms with van der Waals surface area (Å²) in [5.41, 5.74) is 1.85. The fraction of sp³-hybridized carbons (Fsp3) is 0.364. The van der Waals surface area contributed by atoms with Crippen LogP contribution in [0.15, 0.2) is 42.5 Å². The van der Waals surface area contributed by atoms with Gasteiger partial charge in [0.1, 0.15) is 11.5 Å². The number of aryl methyl sites for hydroxylation is 1. The second kappa shape index (κ2) is 10.3. The van der Waals surface area contributed by atoms with Gasteiger partial charge in [0, 0.05) is 13.0 Å². The third-order valence-electron chi connectivity index (χ3n) is 4.23. The molecule has 0 atom stereocenters. The number of hydrogen-bond acceptors (Lipinski definition) is 4. The summed E-state index contributed by atoms with van der Waals surface area (Å²) in [7, 11) is 3.19. The van der Waals surface area contributed by atoms with Gasteiger partial charge in [0.15, 0.2) is 0 Å². The zero-order valence-electron chi connectivity index (χ0n) is 16.9. The topological polar surface area (TPSA) is 76.7 Å². The molecule has 0 aliphatic carbocycles. The molecule has 2 N–H and O–H groups in total. The van der Waals surface area contributed by atoms with Gasteiger partial charge in [-0.05, 0) is 48.2 Å². The molecule has 0 saturated heterocycles. The number of hydrogen-bond donors (Lipinski definition) is 2. The van der Waals surface area contributed by atoms with Gasteiger partial charge in [0.2, 0.25) is 5.91 Å². The van der Waals surface area contributed by atoms with Gasteiger partial charge in [-0.15, -0.1) is 0 Å². The van der Waals surface area contributed by atoms with E-state index < -0.39 is 0 Å². The Kier molecular flexibility index (Phi) is 7.87. The summed E-state index contributed by atoms with van der Waals surface area (Å²) >= 11 is 0. The van der Waals surface area contributed by atoms with Crippen molar-refractivity contribution in [1.82, 2.24) is 5.32 Å². The summed E-state index contributed by atoms with van der Waals surface area (Å²) in [5.74, 6) is 1.40. The maximum atomic E-state index is 12.5. The fourth-order valence-corrected chi connectivity index (χ4v) is 2.72. The van der Waals surface area contributed by atoms with Gasteiger partial charge in [-0.25, -0.2) is 0 Å². The second-order valence-electron chi connectivity index (χ2n) is 6.88. The lowest BCUT2D eigenvalue weighted by Crippen LogP contribution is -2.28. The van der Waals surface area contributed by atoms with E-state index >= 15 is 0 Å². The van der Waals surface area contributed by atoms with Crippen LogP contribution < -0.4 is 20.1 Å². The average Bonchev–Trinajstić information content (AvgIpc) is 2.70. The average molecular weight is 384 g/mol. The van der Waals surface area contributed by atoms with Crippen LogP contribution >= 0.6 is 0 Å². The molecule has 2 amide bonds. The number of anilines is 1. The number of rotatable bonds is 9. The van der Waals surface area contributed by atoms with Gasteiger partial charge in [-0.1, -0.05) is 26.0 Å². The smallest absolute Gasteiger partial charge is 0.253 e. The van der Waals surface area contributed by atoms with E-state index in [9.17, 15) is 9.59 Å². The number of benzene rings is 2. The molecule has 150 valence electrons. The Bertz CT molecular complexity index is 818. The minimum atomic E-state index is -0.195. The first-order valence-corrected chi connectivity index (χ1v) is 9.32. The highest BCUT2D eigenvalue weighted by Crippen LogP contribution is 2.25. The molecule has 0 aliphatic heterocycles. The summed E-state index contributed by atoms with van der Waals surface area (Å²) in [6.07, 6.45) is 0.749. The van der Waals surface area contributed by atoms with Crippen molar-refractivity contribution in [1.29, 1.82) is 0 Å². The largest absolute Gasteiger partial charge is 0.497 e. The molecule has 0 spiro atoms. The Morgan fingerprint density at radius 1 is 1.04 bits per heavy atom. The maximum absolute atomic E-state index is 12.5. The van der Waals surface area contributed by atoms with Crippen LogP contribution in [0.3, 0.4) is 0 Å². The first kappa shape index (κ1) is 21.3. The maximum Gasteiger partial charge on any atom is 0.253 e. The van der Waals surface area contributed by atoms with Gasteiger partial charge >= 0.3 is 0 Å². The summed E-state index contributed by atoms with van der Waals surface area (Å²) in [5, 5.41) is 5.72. The number of carbonyl (C=O) groups is 2. The monoisotopic (exact) mass is 384 g/mol. The van der Waals surface area contributed by atoms with Crippen molar-refractivity contribution < 1.29 is 19.1 Å². The number of amides is 2. The molecule has 2 aromatic rings. The van der Waals surface area contributed by atoms with E-state index in [0.717, 1.165) is 5.56 Å². The molecular formula is C22H28N2O4. The van der Waals surface area contributed by atoms with E-state index in [0.29, 0.717) is 41.6 Å². The molecule has 0 fully saturated rings. The quantitative estimate of drug-likeness (QED) is 0.692. The van der Waals surface area contributed by atoms with Gasteiger partial charge in [0.05, 0.1) is 25.5 Å². The van der Waals surface area contributed by atoms with Gasteiger partial charge in [-0.2, -0.15) is 0 Å². The van der Waals surface area contributed by atoms with Crippen LogP contribution in [0.2, 0.25) is 0 Å². The fourth-order valence-electron chi connectivity index (χ4n) is 2.72. The van der Waals surface area contributed by atoms with Gasteiger partial charge in [-0.3, -0.25) is 9.59 Å². The van der Waals surface area contributed by atoms with Crippen molar-refractivity contribution in [3.05, 3.63) is 53.6 Å². The molecule has 0 radical (unpaired) electrons. The number of para-hydroxylation sites is 1. The second-order valence-corrected chi connectivity index (χ2v) is 6.88. The van der Waals surface area contributed by atoms with Crippen LogP contribution in [0.5, 0.6) is 11.5 Å². The van der Waals surface area contributed by atoms with Crippen molar-refractivity contribution >= 4 is 17.5 Å². The lowest BCUT2D eigenvalue weighted by atomic mass is 10.1. The molecule has 0 heterocycles. The van der Waals surface area contributed by atoms with Crippen LogP contribution in [-0.2, 0) is 11.2 Å². The SMILES string of the molecule is COc1ccc(OC)c(CCC(=O)Nc2ccccc2C(=O)NCC(C)C)c1. The van der Waals surface area contributed by atoms with E-state index in [-0.39, 0.29) is 18.2 Å². The molecular weight excluding hydrogens is 356 g/mol. The Labute approximate surface area is 166 Å². The van der Waals surface area contributed by atoms with Crippen molar-refractivity contribution in [2.24, 2.45) is 5.92 Å². The summed E-state index contributed by atoms with van der Waals surface area (Å²) in [6.45, 7) is 4.64. The minimum absolute atomic E-state index is 0.172. The summed E-state index contributed by atoms with van der Waals surface area (Å²) in [6, 6.07) is 12.5. The molecule has 6 heteroatoms. The highest BCUT2D eigenvalue weighted by atomic mass is 16.5. The third kappa shape index (κ3) is 6.01. The van der Waals surface area contributed by atoms with Crippen LogP contribution in [-0.4, -0.2) is 32.6 Å². The highest BCUT2D eigenvalue weighted by molar-refractivity contribution is 6.03. The lowest BCUT2D eigenvalue weighted by molar-refractivity contribution is -0.116. The van der Waals surface area contributed by atoms with Crippen molar-refractivity contribution in [2.45, 2.75) is 26.7 Å². The molecule has 2 aromatic carbocycles. The van der Waals surface area contributed by atoms with Crippen molar-refractivity contribution in [3.8, 4) is 11.5 Å². The van der Waals surface area contributed by atoms with E-state index in [2.05, 4.69) is 10.6 Å². The molecule has 0 saturated carbocycles. The molecule has 0 aromatic heterocycles. The predicted molar refractivity (Wildman–Crippen MR) is 110 cm³/mol. The van der Waals surface area contributed by atoms with Gasteiger partial charge in [0.25, 0.3) is 5.91 Å². The Morgan fingerprint density at radius 3 is 2.46 bits per heavy atom. The Morgan fingerprint density at radius 2 is 1.79 bits per heavy atom. The Hall–Kier alpha value is -3.02. The van der Waals surface area contributed by atoms with Gasteiger partial charge < -0.3 is 20.1 Å². The third-order valence-corrected chi connectivity index (χ3v) is 4.23. The predicted octanol–water partition coefficient (Wildman–Crippen LogP) is 3.66. The van der Waals surface area contributed by atoms with Crippen LogP contribution in [0.4, 0.5) is 5.69 Å². The zero-order chi connectivity index (χ0) is 20.5. The number of methoxy groups -OCH3 is 2. The highest BCUT2D eigenvalue weighted by Gasteiger charge is 2.14. The molecule has 2 rings (SSSR count). The van der Waals surface area contributed by atoms with Crippen molar-refractivity contribution in [3.63, 3.8) is 0 Å². The van der Waals surface area contributed by atoms with E-state index in [1.165, 1.54) is 0 Å².